The van der Waals surface area contributed by atoms with Crippen molar-refractivity contribution >= 4 is 46.0 Å². The second-order valence-corrected chi connectivity index (χ2v) is 5.72. The molecule has 114 valence electrons. The summed E-state index contributed by atoms with van der Waals surface area (Å²) in [5, 5.41) is 10.1. The minimum Gasteiger partial charge on any atom is -0.508 e. The van der Waals surface area contributed by atoms with Gasteiger partial charge in [-0.1, -0.05) is 29.3 Å². The number of hydrogen-bond donors (Lipinski definition) is 1. The Morgan fingerprint density at radius 1 is 0.913 bits per heavy atom. The highest BCUT2D eigenvalue weighted by Crippen LogP contribution is 2.33. The Morgan fingerprint density at radius 3 is 2.22 bits per heavy atom. The molecule has 0 saturated heterocycles. The topological polar surface area (TPSA) is 49.7 Å². The van der Waals surface area contributed by atoms with E-state index in [1.165, 1.54) is 6.08 Å². The number of benzene rings is 2. The molecule has 0 unspecified atom stereocenters. The fourth-order valence-corrected chi connectivity index (χ4v) is 2.82. The van der Waals surface area contributed by atoms with Gasteiger partial charge in [0.1, 0.15) is 5.75 Å². The highest BCUT2D eigenvalue weighted by Gasteiger charge is 2.19. The summed E-state index contributed by atoms with van der Waals surface area (Å²) in [6, 6.07) is 11.6. The number of aromatic hydroxyl groups is 1. The predicted molar refractivity (Wildman–Crippen MR) is 93.8 cm³/mol. The standard InChI is InChI=1S/C18H11Cl2NO2/c19-15-2-1-3-16(20)18(15)14-10-12(6-9-17(14)23)21-11-4-7-13(22)8-5-11/h1-10,22H. The summed E-state index contributed by atoms with van der Waals surface area (Å²) >= 11 is 12.4. The first-order valence-electron chi connectivity index (χ1n) is 6.81. The van der Waals surface area contributed by atoms with Crippen molar-refractivity contribution in [1.82, 2.24) is 0 Å². The van der Waals surface area contributed by atoms with E-state index in [1.807, 2.05) is 0 Å². The highest BCUT2D eigenvalue weighted by molar-refractivity contribution is 6.44. The lowest BCUT2D eigenvalue weighted by atomic mass is 9.96. The number of halogens is 2. The Labute approximate surface area is 143 Å². The second kappa shape index (κ2) is 6.41. The normalized spacial score (nSPS) is 15.8. The molecule has 3 rings (SSSR count). The third-order valence-electron chi connectivity index (χ3n) is 3.30. The molecule has 2 aromatic rings. The van der Waals surface area contributed by atoms with Crippen LogP contribution in [-0.4, -0.2) is 16.6 Å². The molecule has 0 amide bonds. The van der Waals surface area contributed by atoms with Crippen LogP contribution in [0.2, 0.25) is 10.0 Å². The molecule has 5 heteroatoms. The minimum atomic E-state index is -0.176. The van der Waals surface area contributed by atoms with Gasteiger partial charge in [-0.2, -0.15) is 0 Å². The smallest absolute Gasteiger partial charge is 0.186 e. The number of phenols is 1. The van der Waals surface area contributed by atoms with E-state index in [4.69, 9.17) is 23.2 Å². The predicted octanol–water partition coefficient (Wildman–Crippen LogP) is 4.99. The third-order valence-corrected chi connectivity index (χ3v) is 3.93. The van der Waals surface area contributed by atoms with Crippen molar-refractivity contribution < 1.29 is 9.90 Å². The Morgan fingerprint density at radius 2 is 1.57 bits per heavy atom. The molecule has 0 atom stereocenters. The maximum Gasteiger partial charge on any atom is 0.186 e. The van der Waals surface area contributed by atoms with Gasteiger partial charge >= 0.3 is 0 Å². The largest absolute Gasteiger partial charge is 0.508 e. The summed E-state index contributed by atoms with van der Waals surface area (Å²) in [5.41, 5.74) is 2.17. The lowest BCUT2D eigenvalue weighted by molar-refractivity contribution is -0.109. The van der Waals surface area contributed by atoms with Crippen LogP contribution in [0.3, 0.4) is 0 Å². The number of aliphatic imine (C=N–C) groups is 1. The van der Waals surface area contributed by atoms with E-state index in [2.05, 4.69) is 4.99 Å². The fourth-order valence-electron chi connectivity index (χ4n) is 2.21. The molecule has 1 N–H and O–H groups in total. The molecule has 0 radical (unpaired) electrons. The van der Waals surface area contributed by atoms with Gasteiger partial charge in [0, 0.05) is 11.1 Å². The van der Waals surface area contributed by atoms with Crippen molar-refractivity contribution in [2.45, 2.75) is 0 Å². The van der Waals surface area contributed by atoms with Crippen molar-refractivity contribution in [2.24, 2.45) is 4.99 Å². The second-order valence-electron chi connectivity index (χ2n) is 4.91. The molecule has 0 aliphatic heterocycles. The maximum absolute atomic E-state index is 12.2. The SMILES string of the molecule is O=C1C=CC(=Nc2ccc(O)cc2)C=C1c1c(Cl)cccc1Cl. The molecular weight excluding hydrogens is 333 g/mol. The van der Waals surface area contributed by atoms with E-state index < -0.39 is 0 Å². The average molecular weight is 344 g/mol. The van der Waals surface area contributed by atoms with Gasteiger partial charge in [0.25, 0.3) is 0 Å². The van der Waals surface area contributed by atoms with Crippen LogP contribution in [0.4, 0.5) is 5.69 Å². The van der Waals surface area contributed by atoms with E-state index >= 15 is 0 Å². The first-order chi connectivity index (χ1) is 11.0. The zero-order chi connectivity index (χ0) is 16.4. The number of phenolic OH excluding ortho intramolecular Hbond substituents is 1. The van der Waals surface area contributed by atoms with Crippen LogP contribution in [0, 0.1) is 0 Å². The molecule has 2 aromatic carbocycles. The molecule has 0 fully saturated rings. The van der Waals surface area contributed by atoms with E-state index in [9.17, 15) is 9.90 Å². The highest BCUT2D eigenvalue weighted by atomic mass is 35.5. The van der Waals surface area contributed by atoms with Gasteiger partial charge in [-0.3, -0.25) is 4.79 Å². The number of ketones is 1. The van der Waals surface area contributed by atoms with Crippen LogP contribution in [0.5, 0.6) is 5.75 Å². The third kappa shape index (κ3) is 3.36. The lowest BCUT2D eigenvalue weighted by Gasteiger charge is -2.12. The molecule has 0 bridgehead atoms. The van der Waals surface area contributed by atoms with Crippen LogP contribution in [0.1, 0.15) is 5.56 Å². The van der Waals surface area contributed by atoms with Gasteiger partial charge in [0.15, 0.2) is 5.78 Å². The minimum absolute atomic E-state index is 0.169. The van der Waals surface area contributed by atoms with Gasteiger partial charge < -0.3 is 5.11 Å². The molecule has 0 aromatic heterocycles. The van der Waals surface area contributed by atoms with Gasteiger partial charge in [0.05, 0.1) is 21.4 Å². The van der Waals surface area contributed by atoms with Gasteiger partial charge in [-0.05, 0) is 54.6 Å². The number of rotatable bonds is 2. The molecule has 3 nitrogen and oxygen atoms in total. The lowest BCUT2D eigenvalue weighted by Crippen LogP contribution is -2.07. The molecule has 1 aliphatic rings. The van der Waals surface area contributed by atoms with Gasteiger partial charge in [-0.15, -0.1) is 0 Å². The zero-order valence-corrected chi connectivity index (χ0v) is 13.3. The monoisotopic (exact) mass is 343 g/mol. The summed E-state index contributed by atoms with van der Waals surface area (Å²) in [6.45, 7) is 0. The van der Waals surface area contributed by atoms with Crippen LogP contribution in [-0.2, 0) is 4.79 Å². The quantitative estimate of drug-likeness (QED) is 0.780. The first-order valence-corrected chi connectivity index (χ1v) is 7.56. The summed E-state index contributed by atoms with van der Waals surface area (Å²) in [5.74, 6) is -0.00736. The first kappa shape index (κ1) is 15.5. The van der Waals surface area contributed by atoms with Crippen LogP contribution in [0.15, 0.2) is 65.7 Å². The van der Waals surface area contributed by atoms with E-state index in [0.717, 1.165) is 0 Å². The number of carbonyl (C=O) groups is 1. The molecule has 0 heterocycles. The number of carbonyl (C=O) groups excluding carboxylic acids is 1. The number of hydrogen-bond acceptors (Lipinski definition) is 3. The Balaban J connectivity index is 2.05. The number of allylic oxidation sites excluding steroid dienone is 4. The van der Waals surface area contributed by atoms with E-state index in [1.54, 1.807) is 54.6 Å². The van der Waals surface area contributed by atoms with Crippen LogP contribution >= 0.6 is 23.2 Å². The van der Waals surface area contributed by atoms with Crippen molar-refractivity contribution in [3.63, 3.8) is 0 Å². The summed E-state index contributed by atoms with van der Waals surface area (Å²) in [6.07, 6.45) is 4.72. The zero-order valence-electron chi connectivity index (χ0n) is 11.8. The molecular formula is C18H11Cl2NO2. The average Bonchev–Trinajstić information content (AvgIpc) is 2.52. The summed E-state index contributed by atoms with van der Waals surface area (Å²) in [4.78, 5) is 16.6. The van der Waals surface area contributed by atoms with Gasteiger partial charge in [0.2, 0.25) is 0 Å². The van der Waals surface area contributed by atoms with Crippen LogP contribution < -0.4 is 0 Å². The van der Waals surface area contributed by atoms with Gasteiger partial charge in [-0.25, -0.2) is 4.99 Å². The van der Waals surface area contributed by atoms with Crippen molar-refractivity contribution in [1.29, 1.82) is 0 Å². The van der Waals surface area contributed by atoms with Crippen LogP contribution in [0.25, 0.3) is 5.57 Å². The molecule has 0 saturated carbocycles. The summed E-state index contributed by atoms with van der Waals surface area (Å²) < 4.78 is 0. The van der Waals surface area contributed by atoms with Crippen molar-refractivity contribution in [3.8, 4) is 5.75 Å². The molecule has 23 heavy (non-hydrogen) atoms. The fraction of sp³-hybridized carbons (Fsp3) is 0. The Bertz CT molecular complexity index is 845. The Kier molecular flexibility index (Phi) is 4.33. The maximum atomic E-state index is 12.2. The van der Waals surface area contributed by atoms with E-state index in [-0.39, 0.29) is 11.5 Å². The Hall–Kier alpha value is -2.36. The molecule has 1 aliphatic carbocycles. The number of nitrogens with zero attached hydrogens (tertiary/aromatic N) is 1. The molecule has 0 spiro atoms. The van der Waals surface area contributed by atoms with E-state index in [0.29, 0.717) is 32.6 Å². The van der Waals surface area contributed by atoms with Crippen molar-refractivity contribution in [3.05, 3.63) is 76.3 Å². The summed E-state index contributed by atoms with van der Waals surface area (Å²) in [7, 11) is 0. The van der Waals surface area contributed by atoms with Crippen molar-refractivity contribution in [2.75, 3.05) is 0 Å².